The lowest BCUT2D eigenvalue weighted by Gasteiger charge is -2.10. The molecule has 1 aromatic carbocycles. The highest BCUT2D eigenvalue weighted by atomic mass is 35.5. The van der Waals surface area contributed by atoms with Crippen LogP contribution < -0.4 is 15.8 Å². The van der Waals surface area contributed by atoms with Crippen LogP contribution in [0.1, 0.15) is 10.4 Å². The van der Waals surface area contributed by atoms with Crippen LogP contribution in [0.3, 0.4) is 0 Å². The average Bonchev–Trinajstić information content (AvgIpc) is 2.77. The van der Waals surface area contributed by atoms with E-state index < -0.39 is 0 Å². The van der Waals surface area contributed by atoms with Gasteiger partial charge in [0.15, 0.2) is 0 Å². The number of ether oxygens (including phenoxy) is 1. The van der Waals surface area contributed by atoms with Gasteiger partial charge in [0.25, 0.3) is 5.91 Å². The van der Waals surface area contributed by atoms with Crippen LogP contribution in [-0.2, 0) is 0 Å². The monoisotopic (exact) mass is 266 g/mol. The van der Waals surface area contributed by atoms with E-state index in [2.05, 4.69) is 5.32 Å². The lowest BCUT2D eigenvalue weighted by molar-refractivity contribution is 0.102. The number of anilines is 2. The van der Waals surface area contributed by atoms with E-state index in [1.165, 1.54) is 19.4 Å². The summed E-state index contributed by atoms with van der Waals surface area (Å²) >= 11 is 5.72. The van der Waals surface area contributed by atoms with E-state index in [0.29, 0.717) is 17.1 Å². The lowest BCUT2D eigenvalue weighted by atomic mass is 10.2. The number of carbonyl (C=O) groups excluding carboxylic acids is 1. The fraction of sp³-hybridized carbons (Fsp3) is 0.0833. The number of carbonyl (C=O) groups is 1. The summed E-state index contributed by atoms with van der Waals surface area (Å²) in [5, 5.41) is 2.71. The predicted molar refractivity (Wildman–Crippen MR) is 69.1 cm³/mol. The number of amides is 1. The maximum Gasteiger partial charge on any atom is 0.260 e. The van der Waals surface area contributed by atoms with Crippen LogP contribution in [0.2, 0.25) is 5.22 Å². The predicted octanol–water partition coefficient (Wildman–Crippen LogP) is 2.78. The minimum atomic E-state index is -0.378. The van der Waals surface area contributed by atoms with Crippen molar-refractivity contribution < 1.29 is 13.9 Å². The lowest BCUT2D eigenvalue weighted by Crippen LogP contribution is -2.12. The van der Waals surface area contributed by atoms with Crippen molar-refractivity contribution in [3.63, 3.8) is 0 Å². The summed E-state index contributed by atoms with van der Waals surface area (Å²) in [6.07, 6.45) is 1.34. The number of rotatable bonds is 3. The molecule has 6 heteroatoms. The molecule has 5 nitrogen and oxygen atoms in total. The third kappa shape index (κ3) is 2.41. The highest BCUT2D eigenvalue weighted by molar-refractivity contribution is 6.32. The van der Waals surface area contributed by atoms with Gasteiger partial charge in [0.05, 0.1) is 24.6 Å². The highest BCUT2D eigenvalue weighted by Gasteiger charge is 2.15. The third-order valence-electron chi connectivity index (χ3n) is 2.34. The van der Waals surface area contributed by atoms with Crippen LogP contribution in [0, 0.1) is 0 Å². The Hall–Kier alpha value is -2.14. The molecule has 1 aromatic heterocycles. The van der Waals surface area contributed by atoms with Crippen molar-refractivity contribution in [2.45, 2.75) is 0 Å². The van der Waals surface area contributed by atoms with Gasteiger partial charge in [-0.25, -0.2) is 0 Å². The number of hydrogen-bond donors (Lipinski definition) is 2. The first-order valence-electron chi connectivity index (χ1n) is 5.09. The zero-order chi connectivity index (χ0) is 13.1. The molecule has 94 valence electrons. The molecule has 0 saturated heterocycles. The summed E-state index contributed by atoms with van der Waals surface area (Å²) in [7, 11) is 1.50. The summed E-state index contributed by atoms with van der Waals surface area (Å²) in [6.45, 7) is 0. The molecule has 0 aliphatic heterocycles. The van der Waals surface area contributed by atoms with Crippen molar-refractivity contribution in [3.8, 4) is 5.75 Å². The standard InChI is InChI=1S/C12H11ClN2O3/c1-17-10-6-7(14)2-3-9(10)15-12(16)8-4-5-18-11(8)13/h2-6H,14H2,1H3,(H,15,16). The number of nitrogens with one attached hydrogen (secondary N) is 1. The van der Waals surface area contributed by atoms with E-state index in [0.717, 1.165) is 0 Å². The second-order valence-electron chi connectivity index (χ2n) is 3.52. The summed E-state index contributed by atoms with van der Waals surface area (Å²) in [4.78, 5) is 11.9. The molecule has 0 spiro atoms. The van der Waals surface area contributed by atoms with Gasteiger partial charge in [0.1, 0.15) is 5.75 Å². The fourth-order valence-corrected chi connectivity index (χ4v) is 1.66. The second-order valence-corrected chi connectivity index (χ2v) is 3.87. The van der Waals surface area contributed by atoms with Gasteiger partial charge in [-0.05, 0) is 29.8 Å². The zero-order valence-electron chi connectivity index (χ0n) is 9.57. The molecule has 0 saturated carbocycles. The Morgan fingerprint density at radius 2 is 2.22 bits per heavy atom. The van der Waals surface area contributed by atoms with Gasteiger partial charge in [-0.15, -0.1) is 0 Å². The van der Waals surface area contributed by atoms with Gasteiger partial charge in [-0.3, -0.25) is 4.79 Å². The SMILES string of the molecule is COc1cc(N)ccc1NC(=O)c1ccoc1Cl. The summed E-state index contributed by atoms with van der Waals surface area (Å²) in [5.74, 6) is 0.0970. The number of hydrogen-bond acceptors (Lipinski definition) is 4. The molecule has 0 atom stereocenters. The average molecular weight is 267 g/mol. The Kier molecular flexibility index (Phi) is 3.43. The molecule has 0 radical (unpaired) electrons. The van der Waals surface area contributed by atoms with Gasteiger partial charge in [0.2, 0.25) is 5.22 Å². The number of nitrogens with two attached hydrogens (primary N) is 1. The van der Waals surface area contributed by atoms with Crippen molar-refractivity contribution in [3.05, 3.63) is 41.3 Å². The first kappa shape index (κ1) is 12.3. The van der Waals surface area contributed by atoms with Crippen molar-refractivity contribution in [2.24, 2.45) is 0 Å². The molecule has 0 unspecified atom stereocenters. The van der Waals surface area contributed by atoms with Gasteiger partial charge in [-0.1, -0.05) is 0 Å². The summed E-state index contributed by atoms with van der Waals surface area (Å²) < 4.78 is 9.98. The van der Waals surface area contributed by atoms with Crippen LogP contribution in [0.25, 0.3) is 0 Å². The topological polar surface area (TPSA) is 77.5 Å². The molecular formula is C12H11ClN2O3. The van der Waals surface area contributed by atoms with Gasteiger partial charge < -0.3 is 20.2 Å². The van der Waals surface area contributed by atoms with Crippen LogP contribution in [0.5, 0.6) is 5.75 Å². The maximum absolute atomic E-state index is 11.9. The first-order valence-corrected chi connectivity index (χ1v) is 5.47. The van der Waals surface area contributed by atoms with E-state index in [-0.39, 0.29) is 16.7 Å². The second kappa shape index (κ2) is 5.01. The van der Waals surface area contributed by atoms with E-state index in [1.807, 2.05) is 0 Å². The Balaban J connectivity index is 2.24. The van der Waals surface area contributed by atoms with E-state index in [9.17, 15) is 4.79 Å². The molecular weight excluding hydrogens is 256 g/mol. The van der Waals surface area contributed by atoms with Crippen LogP contribution in [0.15, 0.2) is 34.9 Å². The van der Waals surface area contributed by atoms with E-state index in [4.69, 9.17) is 26.5 Å². The number of halogens is 1. The molecule has 0 aliphatic rings. The Morgan fingerprint density at radius 1 is 1.44 bits per heavy atom. The molecule has 2 rings (SSSR count). The van der Waals surface area contributed by atoms with Crippen molar-refractivity contribution in [1.29, 1.82) is 0 Å². The molecule has 0 bridgehead atoms. The normalized spacial score (nSPS) is 10.1. The van der Waals surface area contributed by atoms with Crippen LogP contribution in [0.4, 0.5) is 11.4 Å². The van der Waals surface area contributed by atoms with Crippen LogP contribution >= 0.6 is 11.6 Å². The van der Waals surface area contributed by atoms with Crippen LogP contribution in [-0.4, -0.2) is 13.0 Å². The fourth-order valence-electron chi connectivity index (χ4n) is 1.46. The smallest absolute Gasteiger partial charge is 0.260 e. The largest absolute Gasteiger partial charge is 0.494 e. The third-order valence-corrected chi connectivity index (χ3v) is 2.63. The van der Waals surface area contributed by atoms with Gasteiger partial charge >= 0.3 is 0 Å². The number of furan rings is 1. The zero-order valence-corrected chi connectivity index (χ0v) is 10.3. The Labute approximate surface area is 108 Å². The Morgan fingerprint density at radius 3 is 2.83 bits per heavy atom. The highest BCUT2D eigenvalue weighted by Crippen LogP contribution is 2.27. The molecule has 1 heterocycles. The Bertz CT molecular complexity index is 580. The van der Waals surface area contributed by atoms with Gasteiger partial charge in [0, 0.05) is 11.8 Å². The van der Waals surface area contributed by atoms with E-state index >= 15 is 0 Å². The molecule has 1 amide bonds. The summed E-state index contributed by atoms with van der Waals surface area (Å²) in [6, 6.07) is 6.42. The minimum absolute atomic E-state index is 0.0434. The van der Waals surface area contributed by atoms with E-state index in [1.54, 1.807) is 18.2 Å². The van der Waals surface area contributed by atoms with Crippen molar-refractivity contribution in [2.75, 3.05) is 18.2 Å². The van der Waals surface area contributed by atoms with Gasteiger partial charge in [-0.2, -0.15) is 0 Å². The quantitative estimate of drug-likeness (QED) is 0.838. The molecule has 2 aromatic rings. The van der Waals surface area contributed by atoms with Crippen molar-refractivity contribution >= 4 is 28.9 Å². The first-order chi connectivity index (χ1) is 8.61. The molecule has 3 N–H and O–H groups in total. The number of methoxy groups -OCH3 is 1. The maximum atomic E-state index is 11.9. The number of benzene rings is 1. The molecule has 0 fully saturated rings. The molecule has 18 heavy (non-hydrogen) atoms. The van der Waals surface area contributed by atoms with Crippen molar-refractivity contribution in [1.82, 2.24) is 0 Å². The number of nitrogen functional groups attached to an aromatic ring is 1. The molecule has 0 aliphatic carbocycles. The minimum Gasteiger partial charge on any atom is -0.494 e. The summed E-state index contributed by atoms with van der Waals surface area (Å²) in [5.41, 5.74) is 6.94.